The molecule has 0 aromatic heterocycles. The Morgan fingerprint density at radius 1 is 1.26 bits per heavy atom. The van der Waals surface area contributed by atoms with Gasteiger partial charge in [0.15, 0.2) is 0 Å². The van der Waals surface area contributed by atoms with Gasteiger partial charge in [-0.15, -0.1) is 0 Å². The van der Waals surface area contributed by atoms with Crippen molar-refractivity contribution < 1.29 is 4.74 Å². The minimum atomic E-state index is 0.508. The first-order chi connectivity index (χ1) is 9.40. The van der Waals surface area contributed by atoms with E-state index in [2.05, 4.69) is 42.6 Å². The summed E-state index contributed by atoms with van der Waals surface area (Å²) in [7, 11) is 0. The molecule has 2 nitrogen and oxygen atoms in total. The van der Waals surface area contributed by atoms with E-state index in [9.17, 15) is 0 Å². The average molecular weight is 261 g/mol. The molecule has 0 saturated carbocycles. The second kappa shape index (κ2) is 8.34. The molecule has 0 spiro atoms. The third-order valence-electron chi connectivity index (χ3n) is 3.98. The average Bonchev–Trinajstić information content (AvgIpc) is 2.97. The maximum absolute atomic E-state index is 5.45. The lowest BCUT2D eigenvalue weighted by atomic mass is 9.99. The molecule has 2 rings (SSSR count). The van der Waals surface area contributed by atoms with E-state index in [0.717, 1.165) is 19.8 Å². The summed E-state index contributed by atoms with van der Waals surface area (Å²) in [6.07, 6.45) is 6.38. The Morgan fingerprint density at radius 3 is 2.79 bits per heavy atom. The van der Waals surface area contributed by atoms with Crippen LogP contribution in [0.1, 0.15) is 50.6 Å². The Hall–Kier alpha value is -0.860. The Bertz CT molecular complexity index is 332. The highest BCUT2D eigenvalue weighted by atomic mass is 16.5. The van der Waals surface area contributed by atoms with Crippen molar-refractivity contribution in [2.45, 2.75) is 45.1 Å². The van der Waals surface area contributed by atoms with Gasteiger partial charge in [0.1, 0.15) is 0 Å². The number of unbranched alkanes of at least 4 members (excludes halogenated alkanes) is 2. The lowest BCUT2D eigenvalue weighted by Crippen LogP contribution is -2.27. The first-order valence-corrected chi connectivity index (χ1v) is 7.76. The molecule has 1 N–H and O–H groups in total. The predicted octanol–water partition coefficient (Wildman–Crippen LogP) is 3.93. The molecule has 1 aromatic rings. The van der Waals surface area contributed by atoms with Crippen LogP contribution in [0, 0.1) is 5.92 Å². The summed E-state index contributed by atoms with van der Waals surface area (Å²) in [5, 5.41) is 3.76. The van der Waals surface area contributed by atoms with Gasteiger partial charge in [0, 0.05) is 19.2 Å². The van der Waals surface area contributed by atoms with Gasteiger partial charge in [-0.25, -0.2) is 0 Å². The maximum atomic E-state index is 5.45. The van der Waals surface area contributed by atoms with Crippen molar-refractivity contribution in [1.29, 1.82) is 0 Å². The van der Waals surface area contributed by atoms with E-state index in [1.165, 1.54) is 37.7 Å². The Balaban J connectivity index is 1.85. The topological polar surface area (TPSA) is 21.3 Å². The van der Waals surface area contributed by atoms with Crippen molar-refractivity contribution in [3.63, 3.8) is 0 Å². The molecule has 1 heterocycles. The van der Waals surface area contributed by atoms with E-state index < -0.39 is 0 Å². The predicted molar refractivity (Wildman–Crippen MR) is 80.3 cm³/mol. The number of ether oxygens (including phenoxy) is 1. The fourth-order valence-electron chi connectivity index (χ4n) is 2.72. The first-order valence-electron chi connectivity index (χ1n) is 7.76. The highest BCUT2D eigenvalue weighted by molar-refractivity contribution is 5.18. The summed E-state index contributed by atoms with van der Waals surface area (Å²) in [4.78, 5) is 0. The van der Waals surface area contributed by atoms with Gasteiger partial charge < -0.3 is 10.1 Å². The molecule has 0 radical (unpaired) electrons. The van der Waals surface area contributed by atoms with Crippen LogP contribution >= 0.6 is 0 Å². The van der Waals surface area contributed by atoms with E-state index in [1.54, 1.807) is 0 Å². The number of nitrogens with one attached hydrogen (secondary N) is 1. The van der Waals surface area contributed by atoms with Crippen LogP contribution in [0.2, 0.25) is 0 Å². The van der Waals surface area contributed by atoms with Crippen LogP contribution in [-0.2, 0) is 4.74 Å². The monoisotopic (exact) mass is 261 g/mol. The highest BCUT2D eigenvalue weighted by Crippen LogP contribution is 2.21. The molecule has 0 bridgehead atoms. The van der Waals surface area contributed by atoms with Crippen molar-refractivity contribution in [3.05, 3.63) is 35.9 Å². The van der Waals surface area contributed by atoms with Gasteiger partial charge in [0.2, 0.25) is 0 Å². The van der Waals surface area contributed by atoms with Crippen molar-refractivity contribution >= 4 is 0 Å². The van der Waals surface area contributed by atoms with Crippen LogP contribution < -0.4 is 5.32 Å². The second-order valence-corrected chi connectivity index (χ2v) is 5.60. The van der Waals surface area contributed by atoms with Gasteiger partial charge >= 0.3 is 0 Å². The second-order valence-electron chi connectivity index (χ2n) is 5.60. The minimum absolute atomic E-state index is 0.508. The molecule has 0 amide bonds. The first kappa shape index (κ1) is 14.5. The summed E-state index contributed by atoms with van der Waals surface area (Å²) in [5.41, 5.74) is 1.43. The minimum Gasteiger partial charge on any atom is -0.381 e. The van der Waals surface area contributed by atoms with Crippen molar-refractivity contribution in [2.75, 3.05) is 19.8 Å². The summed E-state index contributed by atoms with van der Waals surface area (Å²) < 4.78 is 5.45. The van der Waals surface area contributed by atoms with E-state index in [1.807, 2.05) is 0 Å². The SMILES string of the molecule is CCCCCC(NCC1CCOC1)c1ccccc1. The molecule has 0 aliphatic carbocycles. The molecular weight excluding hydrogens is 234 g/mol. The Labute approximate surface area is 117 Å². The van der Waals surface area contributed by atoms with E-state index in [4.69, 9.17) is 4.74 Å². The quantitative estimate of drug-likeness (QED) is 0.716. The van der Waals surface area contributed by atoms with E-state index >= 15 is 0 Å². The third kappa shape index (κ3) is 4.96. The zero-order valence-corrected chi connectivity index (χ0v) is 12.1. The summed E-state index contributed by atoms with van der Waals surface area (Å²) in [6, 6.07) is 11.4. The van der Waals surface area contributed by atoms with Gasteiger partial charge in [-0.2, -0.15) is 0 Å². The van der Waals surface area contributed by atoms with Gasteiger partial charge in [0.05, 0.1) is 6.61 Å². The number of rotatable bonds is 8. The van der Waals surface area contributed by atoms with Gasteiger partial charge in [0.25, 0.3) is 0 Å². The third-order valence-corrected chi connectivity index (χ3v) is 3.98. The van der Waals surface area contributed by atoms with E-state index in [-0.39, 0.29) is 0 Å². The normalized spacial score (nSPS) is 20.6. The largest absolute Gasteiger partial charge is 0.381 e. The molecule has 1 saturated heterocycles. The fourth-order valence-corrected chi connectivity index (χ4v) is 2.72. The van der Waals surface area contributed by atoms with Gasteiger partial charge in [-0.05, 0) is 24.3 Å². The van der Waals surface area contributed by atoms with Crippen LogP contribution in [0.3, 0.4) is 0 Å². The lowest BCUT2D eigenvalue weighted by molar-refractivity contribution is 0.184. The fraction of sp³-hybridized carbons (Fsp3) is 0.647. The smallest absolute Gasteiger partial charge is 0.0507 e. The Morgan fingerprint density at radius 2 is 2.11 bits per heavy atom. The summed E-state index contributed by atoms with van der Waals surface area (Å²) in [5.74, 6) is 0.706. The van der Waals surface area contributed by atoms with Crippen molar-refractivity contribution in [2.24, 2.45) is 5.92 Å². The maximum Gasteiger partial charge on any atom is 0.0507 e. The van der Waals surface area contributed by atoms with Crippen LogP contribution in [0.4, 0.5) is 0 Å². The molecule has 1 aliphatic heterocycles. The summed E-state index contributed by atoms with van der Waals surface area (Å²) >= 11 is 0. The molecule has 1 aromatic carbocycles. The van der Waals surface area contributed by atoms with Crippen LogP contribution in [-0.4, -0.2) is 19.8 Å². The van der Waals surface area contributed by atoms with Crippen LogP contribution in [0.25, 0.3) is 0 Å². The number of hydrogen-bond donors (Lipinski definition) is 1. The highest BCUT2D eigenvalue weighted by Gasteiger charge is 2.18. The van der Waals surface area contributed by atoms with Gasteiger partial charge in [-0.3, -0.25) is 0 Å². The standard InChI is InChI=1S/C17H27NO/c1-2-3-5-10-17(16-8-6-4-7-9-16)18-13-15-11-12-19-14-15/h4,6-9,15,17-18H,2-3,5,10-14H2,1H3. The Kier molecular flexibility index (Phi) is 6.38. The van der Waals surface area contributed by atoms with Crippen LogP contribution in [0.15, 0.2) is 30.3 Å². The molecule has 106 valence electrons. The van der Waals surface area contributed by atoms with Crippen molar-refractivity contribution in [1.82, 2.24) is 5.32 Å². The van der Waals surface area contributed by atoms with Crippen molar-refractivity contribution in [3.8, 4) is 0 Å². The molecule has 2 atom stereocenters. The van der Waals surface area contributed by atoms with E-state index in [0.29, 0.717) is 12.0 Å². The van der Waals surface area contributed by atoms with Crippen LogP contribution in [0.5, 0.6) is 0 Å². The summed E-state index contributed by atoms with van der Waals surface area (Å²) in [6.45, 7) is 5.23. The lowest BCUT2D eigenvalue weighted by Gasteiger charge is -2.21. The molecule has 19 heavy (non-hydrogen) atoms. The molecule has 2 unspecified atom stereocenters. The molecule has 2 heteroatoms. The molecule has 1 fully saturated rings. The molecule has 1 aliphatic rings. The number of hydrogen-bond acceptors (Lipinski definition) is 2. The zero-order valence-electron chi connectivity index (χ0n) is 12.1. The molecular formula is C17H27NO. The number of benzene rings is 1. The van der Waals surface area contributed by atoms with Gasteiger partial charge in [-0.1, -0.05) is 56.5 Å². The zero-order chi connectivity index (χ0) is 13.3.